The first-order chi connectivity index (χ1) is 15.7. The first-order valence-corrected chi connectivity index (χ1v) is 10.7. The molecular formula is C22H26ClFN6O3. The van der Waals surface area contributed by atoms with Gasteiger partial charge in [-0.3, -0.25) is 14.6 Å². The average Bonchev–Trinajstić information content (AvgIpc) is 3.18. The topological polar surface area (TPSA) is 137 Å². The fraction of sp³-hybridized carbons (Fsp3) is 0.318. The molecule has 2 amide bonds. The van der Waals surface area contributed by atoms with Gasteiger partial charge in [0, 0.05) is 23.7 Å². The number of likely N-dealkylation sites (tertiary alicyclic amines) is 1. The standard InChI is InChI=1S/C22H26ClFN6O3/c1-13-8-19(29(11-13)22(33)20(31)16-4-2-3-5-17(16)24)21(32)27-10-14-9-15(23)6-7-18(14)30(26)12-28-25/h2-7,9,12-13,19-20,31H,8,10-11,25-26H2,1H3,(H,27,32)/b28-12-. The smallest absolute Gasteiger partial charge is 0.256 e. The van der Waals surface area contributed by atoms with Crippen LogP contribution in [0.3, 0.4) is 0 Å². The number of halogens is 2. The molecule has 1 aliphatic heterocycles. The van der Waals surface area contributed by atoms with Gasteiger partial charge < -0.3 is 21.2 Å². The molecule has 0 spiro atoms. The van der Waals surface area contributed by atoms with E-state index in [1.165, 1.54) is 40.5 Å². The molecule has 3 atom stereocenters. The summed E-state index contributed by atoms with van der Waals surface area (Å²) in [5.41, 5.74) is 1.000. The van der Waals surface area contributed by atoms with Gasteiger partial charge in [-0.05, 0) is 42.2 Å². The number of hydrazone groups is 1. The zero-order valence-corrected chi connectivity index (χ0v) is 18.7. The van der Waals surface area contributed by atoms with Gasteiger partial charge >= 0.3 is 0 Å². The fourth-order valence-electron chi connectivity index (χ4n) is 3.91. The molecule has 6 N–H and O–H groups in total. The van der Waals surface area contributed by atoms with E-state index in [1.54, 1.807) is 18.2 Å². The highest BCUT2D eigenvalue weighted by Crippen LogP contribution is 2.28. The molecule has 0 bridgehead atoms. The number of nitrogens with zero attached hydrogens (tertiary/aromatic N) is 3. The zero-order valence-electron chi connectivity index (χ0n) is 18.0. The maximum absolute atomic E-state index is 14.1. The summed E-state index contributed by atoms with van der Waals surface area (Å²) in [5, 5.41) is 18.3. The molecule has 0 aliphatic carbocycles. The number of nitrogens with two attached hydrogens (primary N) is 2. The average molecular weight is 477 g/mol. The Balaban J connectivity index is 1.75. The lowest BCUT2D eigenvalue weighted by atomic mass is 10.1. The number of hydrazine groups is 1. The summed E-state index contributed by atoms with van der Waals surface area (Å²) in [6.45, 7) is 2.24. The minimum Gasteiger partial charge on any atom is -0.378 e. The number of rotatable bonds is 7. The van der Waals surface area contributed by atoms with Crippen molar-refractivity contribution >= 4 is 35.4 Å². The van der Waals surface area contributed by atoms with Gasteiger partial charge in [0.15, 0.2) is 6.10 Å². The predicted molar refractivity (Wildman–Crippen MR) is 123 cm³/mol. The van der Waals surface area contributed by atoms with E-state index in [2.05, 4.69) is 10.4 Å². The van der Waals surface area contributed by atoms with Crippen LogP contribution in [0.5, 0.6) is 0 Å². The van der Waals surface area contributed by atoms with E-state index in [0.29, 0.717) is 22.7 Å². The molecule has 9 nitrogen and oxygen atoms in total. The maximum Gasteiger partial charge on any atom is 0.256 e. The Bertz CT molecular complexity index is 1050. The lowest BCUT2D eigenvalue weighted by Crippen LogP contribution is -2.47. The third-order valence-electron chi connectivity index (χ3n) is 5.49. The predicted octanol–water partition coefficient (Wildman–Crippen LogP) is 1.65. The molecule has 2 aromatic rings. The number of anilines is 1. The van der Waals surface area contributed by atoms with Crippen LogP contribution in [-0.2, 0) is 16.1 Å². The molecule has 1 fully saturated rings. The Morgan fingerprint density at radius 3 is 2.82 bits per heavy atom. The SMILES string of the molecule is CC1CC(C(=O)NCc2cc(Cl)ccc2N(N)/C=N\N)N(C(=O)C(O)c2ccccc2F)C1. The first-order valence-electron chi connectivity index (χ1n) is 10.3. The van der Waals surface area contributed by atoms with E-state index in [-0.39, 0.29) is 24.6 Å². The summed E-state index contributed by atoms with van der Waals surface area (Å²) < 4.78 is 14.1. The molecular weight excluding hydrogens is 451 g/mol. The van der Waals surface area contributed by atoms with Crippen molar-refractivity contribution in [3.8, 4) is 0 Å². The van der Waals surface area contributed by atoms with E-state index < -0.39 is 29.8 Å². The number of carbonyl (C=O) groups excluding carboxylic acids is 2. The summed E-state index contributed by atoms with van der Waals surface area (Å²) in [6, 6.07) is 9.64. The van der Waals surface area contributed by atoms with E-state index >= 15 is 0 Å². The minimum atomic E-state index is -1.70. The number of hydrogen-bond acceptors (Lipinski definition) is 6. The number of aliphatic hydroxyl groups is 1. The van der Waals surface area contributed by atoms with E-state index in [1.807, 2.05) is 6.92 Å². The second-order valence-corrected chi connectivity index (χ2v) is 8.37. The number of hydrogen-bond donors (Lipinski definition) is 4. The van der Waals surface area contributed by atoms with Crippen molar-refractivity contribution in [1.82, 2.24) is 10.2 Å². The van der Waals surface area contributed by atoms with Gasteiger partial charge in [0.05, 0.1) is 5.69 Å². The molecule has 11 heteroatoms. The van der Waals surface area contributed by atoms with Gasteiger partial charge in [0.25, 0.3) is 5.91 Å². The van der Waals surface area contributed by atoms with Crippen LogP contribution in [0.2, 0.25) is 5.02 Å². The summed E-state index contributed by atoms with van der Waals surface area (Å²) in [4.78, 5) is 27.3. The molecule has 1 heterocycles. The first kappa shape index (κ1) is 24.4. The van der Waals surface area contributed by atoms with Gasteiger partial charge in [-0.25, -0.2) is 10.2 Å². The summed E-state index contributed by atoms with van der Waals surface area (Å²) in [6.07, 6.45) is -0.0856. The van der Waals surface area contributed by atoms with Crippen LogP contribution in [0.25, 0.3) is 0 Å². The van der Waals surface area contributed by atoms with Crippen LogP contribution >= 0.6 is 11.6 Å². The highest BCUT2D eigenvalue weighted by molar-refractivity contribution is 6.30. The van der Waals surface area contributed by atoms with Crippen molar-refractivity contribution < 1.29 is 19.1 Å². The van der Waals surface area contributed by atoms with Crippen molar-refractivity contribution in [2.75, 3.05) is 11.6 Å². The number of nitrogens with one attached hydrogen (secondary N) is 1. The van der Waals surface area contributed by atoms with Crippen LogP contribution in [0.15, 0.2) is 47.6 Å². The fourth-order valence-corrected chi connectivity index (χ4v) is 4.10. The molecule has 2 aromatic carbocycles. The monoisotopic (exact) mass is 476 g/mol. The third kappa shape index (κ3) is 5.59. The molecule has 3 rings (SSSR count). The quantitative estimate of drug-likeness (QED) is 0.207. The molecule has 1 saturated heterocycles. The van der Waals surface area contributed by atoms with Crippen molar-refractivity contribution in [1.29, 1.82) is 0 Å². The van der Waals surface area contributed by atoms with Crippen molar-refractivity contribution in [3.63, 3.8) is 0 Å². The van der Waals surface area contributed by atoms with Gasteiger partial charge in [0.1, 0.15) is 18.2 Å². The van der Waals surface area contributed by atoms with Crippen LogP contribution < -0.4 is 22.0 Å². The van der Waals surface area contributed by atoms with E-state index in [9.17, 15) is 19.1 Å². The lowest BCUT2D eigenvalue weighted by Gasteiger charge is -2.27. The van der Waals surface area contributed by atoms with Crippen LogP contribution in [0, 0.1) is 11.7 Å². The molecule has 0 aromatic heterocycles. The Morgan fingerprint density at radius 2 is 2.12 bits per heavy atom. The second kappa shape index (κ2) is 10.6. The Morgan fingerprint density at radius 1 is 1.39 bits per heavy atom. The Labute approximate surface area is 195 Å². The minimum absolute atomic E-state index is 0.0274. The van der Waals surface area contributed by atoms with Crippen LogP contribution in [0.4, 0.5) is 10.1 Å². The van der Waals surface area contributed by atoms with Crippen LogP contribution in [-0.4, -0.2) is 40.7 Å². The third-order valence-corrected chi connectivity index (χ3v) is 5.73. The molecule has 0 radical (unpaired) electrons. The van der Waals surface area contributed by atoms with Crippen LogP contribution in [0.1, 0.15) is 30.6 Å². The molecule has 33 heavy (non-hydrogen) atoms. The molecule has 176 valence electrons. The number of aliphatic hydroxyl groups excluding tert-OH is 1. The Hall–Kier alpha value is -3.21. The van der Waals surface area contributed by atoms with Crippen molar-refractivity contribution in [2.45, 2.75) is 32.0 Å². The van der Waals surface area contributed by atoms with Gasteiger partial charge in [-0.2, -0.15) is 5.10 Å². The number of amides is 2. The summed E-state index contributed by atoms with van der Waals surface area (Å²) in [5.74, 6) is 9.27. The molecule has 1 aliphatic rings. The normalized spacial score (nSPS) is 19.0. The summed E-state index contributed by atoms with van der Waals surface area (Å²) >= 11 is 6.09. The summed E-state index contributed by atoms with van der Waals surface area (Å²) in [7, 11) is 0. The lowest BCUT2D eigenvalue weighted by molar-refractivity contribution is -0.145. The van der Waals surface area contributed by atoms with E-state index in [4.69, 9.17) is 23.3 Å². The Kier molecular flexibility index (Phi) is 7.85. The zero-order chi connectivity index (χ0) is 24.1. The van der Waals surface area contributed by atoms with Gasteiger partial charge in [-0.15, -0.1) is 0 Å². The van der Waals surface area contributed by atoms with Gasteiger partial charge in [0.2, 0.25) is 5.91 Å². The number of carbonyl (C=O) groups is 2. The molecule has 0 saturated carbocycles. The highest BCUT2D eigenvalue weighted by atomic mass is 35.5. The number of benzene rings is 2. The largest absolute Gasteiger partial charge is 0.378 e. The van der Waals surface area contributed by atoms with E-state index in [0.717, 1.165) is 0 Å². The second-order valence-electron chi connectivity index (χ2n) is 7.93. The van der Waals surface area contributed by atoms with Crippen molar-refractivity contribution in [3.05, 3.63) is 64.4 Å². The molecule has 3 unspecified atom stereocenters. The van der Waals surface area contributed by atoms with Crippen molar-refractivity contribution in [2.24, 2.45) is 22.7 Å². The maximum atomic E-state index is 14.1. The highest BCUT2D eigenvalue weighted by Gasteiger charge is 2.40. The van der Waals surface area contributed by atoms with Gasteiger partial charge in [-0.1, -0.05) is 36.7 Å².